The molecule has 0 spiro atoms. The van der Waals surface area contributed by atoms with Crippen molar-refractivity contribution in [2.45, 2.75) is 17.7 Å². The Labute approximate surface area is 94.4 Å². The predicted octanol–water partition coefficient (Wildman–Crippen LogP) is 2.28. The molecule has 1 N–H and O–H groups in total. The van der Waals surface area contributed by atoms with E-state index in [1.54, 1.807) is 11.8 Å². The maximum atomic E-state index is 5.47. The fourth-order valence-electron chi connectivity index (χ4n) is 2.29. The number of hydrogen-bond acceptors (Lipinski definition) is 3. The zero-order valence-corrected chi connectivity index (χ0v) is 9.48. The van der Waals surface area contributed by atoms with Gasteiger partial charge in [-0.2, -0.15) is 0 Å². The molecule has 3 heteroatoms. The highest BCUT2D eigenvalue weighted by Crippen LogP contribution is 2.37. The van der Waals surface area contributed by atoms with E-state index >= 15 is 0 Å². The largest absolute Gasteiger partial charge is 0.481 e. The maximum Gasteiger partial charge on any atom is 0.138 e. The molecule has 0 radical (unpaired) electrons. The van der Waals surface area contributed by atoms with Crippen LogP contribution in [0.3, 0.4) is 0 Å². The molecule has 0 saturated carbocycles. The average Bonchev–Trinajstić information content (AvgIpc) is 2.87. The molecule has 1 aromatic carbocycles. The van der Waals surface area contributed by atoms with Gasteiger partial charge < -0.3 is 10.1 Å². The Morgan fingerprint density at radius 2 is 2.47 bits per heavy atom. The highest BCUT2D eigenvalue weighted by Gasteiger charge is 2.17. The number of rotatable bonds is 2. The summed E-state index contributed by atoms with van der Waals surface area (Å²) < 4.78 is 5.47. The van der Waals surface area contributed by atoms with Crippen LogP contribution in [0.4, 0.5) is 0 Å². The fourth-order valence-corrected chi connectivity index (χ4v) is 3.11. The van der Waals surface area contributed by atoms with Crippen LogP contribution in [0.2, 0.25) is 0 Å². The zero-order chi connectivity index (χ0) is 10.1. The van der Waals surface area contributed by atoms with Crippen molar-refractivity contribution in [3.8, 4) is 5.75 Å². The van der Waals surface area contributed by atoms with Crippen LogP contribution in [0.15, 0.2) is 23.1 Å². The first-order valence-corrected chi connectivity index (χ1v) is 6.49. The molecule has 1 fully saturated rings. The Morgan fingerprint density at radius 3 is 3.33 bits per heavy atom. The van der Waals surface area contributed by atoms with Crippen molar-refractivity contribution in [1.29, 1.82) is 0 Å². The minimum Gasteiger partial charge on any atom is -0.481 e. The molecule has 0 aromatic heterocycles. The van der Waals surface area contributed by atoms with Gasteiger partial charge in [-0.3, -0.25) is 0 Å². The molecule has 1 saturated heterocycles. The van der Waals surface area contributed by atoms with Gasteiger partial charge in [-0.1, -0.05) is 17.8 Å². The fraction of sp³-hybridized carbons (Fsp3) is 0.500. The SMILES string of the molecule is c1cc2c(cc1CC1CCNC1)SCO2. The predicted molar refractivity (Wildman–Crippen MR) is 62.5 cm³/mol. The third-order valence-corrected chi connectivity index (χ3v) is 3.99. The van der Waals surface area contributed by atoms with Crippen molar-refractivity contribution in [1.82, 2.24) is 5.32 Å². The summed E-state index contributed by atoms with van der Waals surface area (Å²) >= 11 is 1.80. The number of thioether (sulfide) groups is 1. The molecule has 0 bridgehead atoms. The summed E-state index contributed by atoms with van der Waals surface area (Å²) in [6.45, 7) is 2.37. The third kappa shape index (κ3) is 1.99. The molecular weight excluding hydrogens is 206 g/mol. The molecule has 0 aliphatic carbocycles. The third-order valence-electron chi connectivity index (χ3n) is 3.12. The molecule has 0 amide bonds. The van der Waals surface area contributed by atoms with Crippen LogP contribution in [0, 0.1) is 5.92 Å². The van der Waals surface area contributed by atoms with E-state index in [4.69, 9.17) is 4.74 Å². The lowest BCUT2D eigenvalue weighted by Crippen LogP contribution is -2.10. The Kier molecular flexibility index (Phi) is 2.59. The number of fused-ring (bicyclic) bond motifs is 1. The van der Waals surface area contributed by atoms with E-state index in [2.05, 4.69) is 23.5 Å². The summed E-state index contributed by atoms with van der Waals surface area (Å²) in [4.78, 5) is 1.32. The lowest BCUT2D eigenvalue weighted by molar-refractivity contribution is 0.397. The van der Waals surface area contributed by atoms with Gasteiger partial charge in [0.25, 0.3) is 0 Å². The molecule has 80 valence electrons. The van der Waals surface area contributed by atoms with Gasteiger partial charge in [-0.05, 0) is 49.5 Å². The molecule has 1 aromatic rings. The van der Waals surface area contributed by atoms with Crippen LogP contribution in [0.25, 0.3) is 0 Å². The van der Waals surface area contributed by atoms with Crippen LogP contribution in [0.5, 0.6) is 5.75 Å². The van der Waals surface area contributed by atoms with Crippen molar-refractivity contribution in [2.24, 2.45) is 5.92 Å². The smallest absolute Gasteiger partial charge is 0.138 e. The quantitative estimate of drug-likeness (QED) is 0.828. The van der Waals surface area contributed by atoms with Crippen molar-refractivity contribution in [3.05, 3.63) is 23.8 Å². The van der Waals surface area contributed by atoms with Crippen LogP contribution in [-0.2, 0) is 6.42 Å². The Balaban J connectivity index is 1.75. The Hall–Kier alpha value is -0.670. The van der Waals surface area contributed by atoms with E-state index in [-0.39, 0.29) is 0 Å². The van der Waals surface area contributed by atoms with Crippen LogP contribution < -0.4 is 10.1 Å². The Bertz CT molecular complexity index is 361. The minimum atomic E-state index is 0.782. The first-order valence-electron chi connectivity index (χ1n) is 5.51. The molecule has 15 heavy (non-hydrogen) atoms. The summed E-state index contributed by atoms with van der Waals surface area (Å²) in [5.74, 6) is 2.67. The molecule has 2 aliphatic rings. The average molecular weight is 221 g/mol. The van der Waals surface area contributed by atoms with Crippen molar-refractivity contribution < 1.29 is 4.74 Å². The number of benzene rings is 1. The van der Waals surface area contributed by atoms with Gasteiger partial charge in [-0.15, -0.1) is 0 Å². The van der Waals surface area contributed by atoms with Crippen LogP contribution in [0.1, 0.15) is 12.0 Å². The normalized spacial score (nSPS) is 23.9. The number of ether oxygens (including phenoxy) is 1. The van der Waals surface area contributed by atoms with Crippen molar-refractivity contribution in [2.75, 3.05) is 19.0 Å². The van der Waals surface area contributed by atoms with E-state index in [0.717, 1.165) is 17.6 Å². The lowest BCUT2D eigenvalue weighted by Gasteiger charge is -2.08. The zero-order valence-electron chi connectivity index (χ0n) is 8.66. The van der Waals surface area contributed by atoms with Crippen LogP contribution >= 0.6 is 11.8 Å². The first-order chi connectivity index (χ1) is 7.42. The molecule has 1 unspecified atom stereocenters. The molecule has 3 rings (SSSR count). The molecule has 2 aliphatic heterocycles. The van der Waals surface area contributed by atoms with Gasteiger partial charge in [0, 0.05) is 0 Å². The van der Waals surface area contributed by atoms with Crippen LogP contribution in [-0.4, -0.2) is 19.0 Å². The summed E-state index contributed by atoms with van der Waals surface area (Å²) in [5, 5.41) is 3.42. The summed E-state index contributed by atoms with van der Waals surface area (Å²) in [7, 11) is 0. The summed E-state index contributed by atoms with van der Waals surface area (Å²) in [6.07, 6.45) is 2.53. The van der Waals surface area contributed by atoms with E-state index in [9.17, 15) is 0 Å². The van der Waals surface area contributed by atoms with Gasteiger partial charge in [0.2, 0.25) is 0 Å². The first kappa shape index (κ1) is 9.55. The van der Waals surface area contributed by atoms with E-state index in [0.29, 0.717) is 0 Å². The number of hydrogen-bond donors (Lipinski definition) is 1. The standard InChI is InChI=1S/C12H15NOS/c1-2-11-12(15-8-14-11)6-9(1)5-10-3-4-13-7-10/h1-2,6,10,13H,3-5,7-8H2. The lowest BCUT2D eigenvalue weighted by atomic mass is 9.99. The molecular formula is C12H15NOS. The number of nitrogens with one attached hydrogen (secondary N) is 1. The second-order valence-electron chi connectivity index (χ2n) is 4.25. The maximum absolute atomic E-state index is 5.47. The van der Waals surface area contributed by atoms with Gasteiger partial charge in [0.1, 0.15) is 11.7 Å². The minimum absolute atomic E-state index is 0.782. The van der Waals surface area contributed by atoms with Gasteiger partial charge in [0.05, 0.1) is 4.90 Å². The molecule has 1 atom stereocenters. The van der Waals surface area contributed by atoms with Crippen molar-refractivity contribution in [3.63, 3.8) is 0 Å². The monoisotopic (exact) mass is 221 g/mol. The second kappa shape index (κ2) is 4.06. The Morgan fingerprint density at radius 1 is 1.47 bits per heavy atom. The second-order valence-corrected chi connectivity index (χ2v) is 5.21. The molecule has 2 nitrogen and oxygen atoms in total. The van der Waals surface area contributed by atoms with E-state index in [1.807, 2.05) is 0 Å². The summed E-state index contributed by atoms with van der Waals surface area (Å²) in [6, 6.07) is 6.63. The van der Waals surface area contributed by atoms with Crippen molar-refractivity contribution >= 4 is 11.8 Å². The van der Waals surface area contributed by atoms with E-state index < -0.39 is 0 Å². The summed E-state index contributed by atoms with van der Waals surface area (Å²) in [5.41, 5.74) is 1.46. The topological polar surface area (TPSA) is 21.3 Å². The highest BCUT2D eigenvalue weighted by molar-refractivity contribution is 7.99. The highest BCUT2D eigenvalue weighted by atomic mass is 32.2. The molecule has 2 heterocycles. The van der Waals surface area contributed by atoms with Gasteiger partial charge in [-0.25, -0.2) is 0 Å². The van der Waals surface area contributed by atoms with E-state index in [1.165, 1.54) is 36.4 Å². The van der Waals surface area contributed by atoms with Gasteiger partial charge in [0.15, 0.2) is 0 Å². The van der Waals surface area contributed by atoms with Gasteiger partial charge >= 0.3 is 0 Å².